The number of hydrogen-bond acceptors (Lipinski definition) is 13. The second kappa shape index (κ2) is 15.8. The minimum atomic E-state index is -3.12. The first-order valence-corrected chi connectivity index (χ1v) is 21.2. The quantitative estimate of drug-likeness (QED) is 0.0857. The monoisotopic (exact) mass is 852 g/mol. The Balaban J connectivity index is 1.12. The van der Waals surface area contributed by atoms with Gasteiger partial charge in [-0.05, 0) is 97.4 Å². The maximum Gasteiger partial charge on any atom is 0.355 e. The third-order valence-corrected chi connectivity index (χ3v) is 14.4. The van der Waals surface area contributed by atoms with Crippen LogP contribution < -0.4 is 15.4 Å². The highest BCUT2D eigenvalue weighted by atomic mass is 16.8. The molecule has 2 aliphatic heterocycles. The summed E-state index contributed by atoms with van der Waals surface area (Å²) in [6.45, 7) is 1.22. The van der Waals surface area contributed by atoms with Crippen molar-refractivity contribution in [3.05, 3.63) is 106 Å². The Kier molecular flexibility index (Phi) is 10.7. The van der Waals surface area contributed by atoms with Gasteiger partial charge in [0.25, 0.3) is 5.91 Å². The Labute approximate surface area is 356 Å². The summed E-state index contributed by atoms with van der Waals surface area (Å²) < 4.78 is 10.9. The number of aromatic hydroxyl groups is 2. The number of nitrogens with two attached hydrogens (primary N) is 1. The summed E-state index contributed by atoms with van der Waals surface area (Å²) in [4.78, 5) is 37.2. The molecule has 1 aromatic heterocycles. The van der Waals surface area contributed by atoms with Crippen molar-refractivity contribution in [3.8, 4) is 17.2 Å². The SMILES string of the molecule is C[C@H]1CC[C@H](c2cc(/C=C/C(=O)N3c4cc(O[C@]5(O)O[C@H](CO)[C@@H](O)[C@H](O)[C@H]5O)c(O)cc4[C@@H](C[C@]45c6ccccc6CC[C@H]4CC[C@@H]5N)[C@@H]3C(=O)O)ccc2O)c2[nH]cnc21. The predicted molar refractivity (Wildman–Crippen MR) is 222 cm³/mol. The summed E-state index contributed by atoms with van der Waals surface area (Å²) >= 11 is 0. The highest BCUT2D eigenvalue weighted by Gasteiger charge is 2.58. The fourth-order valence-corrected chi connectivity index (χ4v) is 11.3. The van der Waals surface area contributed by atoms with Gasteiger partial charge in [-0.3, -0.25) is 9.69 Å². The zero-order chi connectivity index (χ0) is 43.8. The fourth-order valence-electron chi connectivity index (χ4n) is 11.3. The molecule has 5 aliphatic rings. The van der Waals surface area contributed by atoms with Crippen LogP contribution in [0.5, 0.6) is 17.2 Å². The van der Waals surface area contributed by atoms with Crippen LogP contribution >= 0.6 is 0 Å². The highest BCUT2D eigenvalue weighted by molar-refractivity contribution is 6.10. The lowest BCUT2D eigenvalue weighted by molar-refractivity contribution is -0.422. The molecular weight excluding hydrogens is 801 g/mol. The normalized spacial score (nSPS) is 33.8. The number of aromatic nitrogens is 2. The van der Waals surface area contributed by atoms with Crippen molar-refractivity contribution in [2.24, 2.45) is 11.7 Å². The number of aliphatic hydroxyl groups is 5. The molecular formula is C46H52N4O12. The Morgan fingerprint density at radius 1 is 1.00 bits per heavy atom. The molecule has 16 nitrogen and oxygen atoms in total. The number of carbonyl (C=O) groups is 2. The molecule has 1 amide bonds. The summed E-state index contributed by atoms with van der Waals surface area (Å²) in [5, 5.41) is 86.4. The second-order valence-electron chi connectivity index (χ2n) is 17.7. The number of phenolic OH excluding ortho intramolecular Hbond substituents is 2. The number of phenols is 2. The molecule has 328 valence electrons. The smallest absolute Gasteiger partial charge is 0.355 e. The van der Waals surface area contributed by atoms with Crippen molar-refractivity contribution in [3.63, 3.8) is 0 Å². The molecule has 16 heteroatoms. The molecule has 2 fully saturated rings. The number of H-pyrrole nitrogens is 1. The molecule has 3 aromatic carbocycles. The topological polar surface area (TPSA) is 272 Å². The van der Waals surface area contributed by atoms with E-state index in [9.17, 15) is 50.4 Å². The third-order valence-electron chi connectivity index (χ3n) is 14.4. The first kappa shape index (κ1) is 42.0. The number of nitrogens with one attached hydrogen (secondary N) is 1. The van der Waals surface area contributed by atoms with E-state index >= 15 is 0 Å². The van der Waals surface area contributed by atoms with Crippen molar-refractivity contribution in [2.45, 2.75) is 118 Å². The summed E-state index contributed by atoms with van der Waals surface area (Å²) in [6.07, 6.45) is 1.73. The van der Waals surface area contributed by atoms with Gasteiger partial charge in [0, 0.05) is 52.6 Å². The molecule has 9 rings (SSSR count). The van der Waals surface area contributed by atoms with Crippen molar-refractivity contribution in [2.75, 3.05) is 11.5 Å². The molecule has 1 saturated heterocycles. The number of aliphatic hydroxyl groups excluding tert-OH is 4. The van der Waals surface area contributed by atoms with Crippen LogP contribution in [0.2, 0.25) is 0 Å². The van der Waals surface area contributed by atoms with Crippen LogP contribution in [0.4, 0.5) is 5.69 Å². The summed E-state index contributed by atoms with van der Waals surface area (Å²) in [6, 6.07) is 13.6. The van der Waals surface area contributed by atoms with E-state index in [0.29, 0.717) is 23.1 Å². The molecule has 1 saturated carbocycles. The first-order chi connectivity index (χ1) is 29.7. The van der Waals surface area contributed by atoms with Gasteiger partial charge in [-0.15, -0.1) is 0 Å². The Hall–Kier alpha value is -5.33. The lowest BCUT2D eigenvalue weighted by Crippen LogP contribution is -2.67. The molecule has 3 heterocycles. The lowest BCUT2D eigenvalue weighted by Gasteiger charge is -2.46. The molecule has 3 aliphatic carbocycles. The zero-order valence-corrected chi connectivity index (χ0v) is 34.0. The molecule has 62 heavy (non-hydrogen) atoms. The van der Waals surface area contributed by atoms with E-state index in [-0.39, 0.29) is 41.7 Å². The number of amides is 1. The lowest BCUT2D eigenvalue weighted by atomic mass is 9.59. The average Bonchev–Trinajstić information content (AvgIpc) is 3.97. The fraction of sp³-hybridized carbons (Fsp3) is 0.457. The number of carbonyl (C=O) groups excluding carboxylic acids is 1. The molecule has 4 aromatic rings. The van der Waals surface area contributed by atoms with E-state index in [2.05, 4.69) is 23.0 Å². The van der Waals surface area contributed by atoms with Crippen LogP contribution in [0, 0.1) is 5.92 Å². The standard InChI is InChI=1S/C46H52N4O12/c1-22-6-12-26(39-38(22)48-21-49-39)28-16-23(7-13-32(28)52)8-15-37(54)50-31-18-34(61-46(60)43(57)42(56)41(55)35(20-51)62-46)33(53)17-27(31)29(40(50)44(58)59)19-45-25(11-14-36(45)47)10-9-24-4-2-3-5-30(24)45/h2-5,7-8,13,15-18,21-22,25-26,29,35-36,40-43,51-53,55-57,60H,6,9-12,14,19-20,47H2,1H3,(H,48,49)(H,58,59)/b15-8+/t22-,25-,26+,29+,35+,36-,40+,41+,42-,43+,45+,46-/m0/s1. The number of aryl methyl sites for hydroxylation is 1. The number of anilines is 1. The number of carboxylic acid groups (broad SMARTS) is 1. The number of aromatic amines is 1. The van der Waals surface area contributed by atoms with Crippen LogP contribution in [-0.2, 0) is 26.2 Å². The van der Waals surface area contributed by atoms with Gasteiger partial charge < -0.3 is 61.0 Å². The molecule has 0 bridgehead atoms. The van der Waals surface area contributed by atoms with Gasteiger partial charge >= 0.3 is 11.9 Å². The van der Waals surface area contributed by atoms with Gasteiger partial charge in [0.1, 0.15) is 30.1 Å². The summed E-state index contributed by atoms with van der Waals surface area (Å²) in [5.74, 6) is -6.98. The van der Waals surface area contributed by atoms with E-state index in [1.165, 1.54) is 18.2 Å². The maximum atomic E-state index is 14.7. The van der Waals surface area contributed by atoms with E-state index < -0.39 is 77.7 Å². The van der Waals surface area contributed by atoms with E-state index in [0.717, 1.165) is 65.6 Å². The summed E-state index contributed by atoms with van der Waals surface area (Å²) in [5.41, 5.74) is 11.9. The number of nitrogens with zero attached hydrogens (tertiary/aromatic N) is 2. The Morgan fingerprint density at radius 3 is 2.56 bits per heavy atom. The van der Waals surface area contributed by atoms with Gasteiger partial charge in [0.2, 0.25) is 0 Å². The van der Waals surface area contributed by atoms with Gasteiger partial charge in [-0.2, -0.15) is 0 Å². The van der Waals surface area contributed by atoms with Crippen molar-refractivity contribution in [1.82, 2.24) is 9.97 Å². The zero-order valence-electron chi connectivity index (χ0n) is 34.0. The number of ether oxygens (including phenoxy) is 2. The number of aliphatic carboxylic acids is 1. The van der Waals surface area contributed by atoms with Crippen molar-refractivity contribution in [1.29, 1.82) is 0 Å². The van der Waals surface area contributed by atoms with Crippen LogP contribution in [0.1, 0.15) is 102 Å². The highest BCUT2D eigenvalue weighted by Crippen LogP contribution is 2.59. The third kappa shape index (κ3) is 6.67. The summed E-state index contributed by atoms with van der Waals surface area (Å²) in [7, 11) is 0. The van der Waals surface area contributed by atoms with E-state index in [1.54, 1.807) is 24.5 Å². The molecule has 0 spiro atoms. The minimum Gasteiger partial charge on any atom is -0.508 e. The number of carboxylic acids is 1. The van der Waals surface area contributed by atoms with Crippen LogP contribution in [0.15, 0.2) is 67.0 Å². The maximum absolute atomic E-state index is 14.7. The first-order valence-electron chi connectivity index (χ1n) is 21.2. The Bertz CT molecular complexity index is 2420. The molecule has 12 atom stereocenters. The van der Waals surface area contributed by atoms with Gasteiger partial charge in [0.15, 0.2) is 17.6 Å². The van der Waals surface area contributed by atoms with Gasteiger partial charge in [-0.25, -0.2) is 9.78 Å². The van der Waals surface area contributed by atoms with Crippen molar-refractivity contribution >= 4 is 23.6 Å². The number of imidazole rings is 1. The second-order valence-corrected chi connectivity index (χ2v) is 17.7. The van der Waals surface area contributed by atoms with Crippen molar-refractivity contribution < 1.29 is 59.9 Å². The largest absolute Gasteiger partial charge is 0.508 e. The van der Waals surface area contributed by atoms with Crippen LogP contribution in [-0.4, -0.2) is 112 Å². The average molecular weight is 853 g/mol. The predicted octanol–water partition coefficient (Wildman–Crippen LogP) is 2.96. The van der Waals surface area contributed by atoms with E-state index in [4.69, 9.17) is 15.2 Å². The van der Waals surface area contributed by atoms with Gasteiger partial charge in [-0.1, -0.05) is 37.3 Å². The molecule has 0 radical (unpaired) electrons. The van der Waals surface area contributed by atoms with E-state index in [1.807, 2.05) is 18.2 Å². The van der Waals surface area contributed by atoms with Crippen LogP contribution in [0.3, 0.4) is 0 Å². The number of rotatable bonds is 9. The number of hydrogen-bond donors (Lipinski definition) is 10. The van der Waals surface area contributed by atoms with Gasteiger partial charge in [0.05, 0.1) is 24.3 Å². The number of fused-ring (bicyclic) bond motifs is 5. The van der Waals surface area contributed by atoms with Crippen LogP contribution in [0.25, 0.3) is 6.08 Å². The Morgan fingerprint density at radius 2 is 1.79 bits per heavy atom. The molecule has 0 unspecified atom stereocenters. The molecule has 11 N–H and O–H groups in total. The number of benzene rings is 3. The minimum absolute atomic E-state index is 0.0242.